The summed E-state index contributed by atoms with van der Waals surface area (Å²) in [6.07, 6.45) is 17.7. The van der Waals surface area contributed by atoms with E-state index in [4.69, 9.17) is 9.97 Å². The summed E-state index contributed by atoms with van der Waals surface area (Å²) in [7, 11) is 0. The maximum absolute atomic E-state index is 10.4. The molecule has 4 aliphatic rings. The molecule has 0 radical (unpaired) electrons. The van der Waals surface area contributed by atoms with E-state index in [1.165, 1.54) is 87.7 Å². The molecule has 2 saturated carbocycles. The largest absolute Gasteiger partial charge is 0.507 e. The third-order valence-corrected chi connectivity index (χ3v) is 11.0. The maximum atomic E-state index is 10.4. The second kappa shape index (κ2) is 10.3. The van der Waals surface area contributed by atoms with E-state index in [0.29, 0.717) is 22.6 Å². The molecule has 2 N–H and O–H groups in total. The summed E-state index contributed by atoms with van der Waals surface area (Å²) < 4.78 is 0. The summed E-state index contributed by atoms with van der Waals surface area (Å²) in [4.78, 5) is 18.4. The van der Waals surface area contributed by atoms with E-state index in [1.54, 1.807) is 6.07 Å². The molecule has 3 fully saturated rings. The molecule has 2 aliphatic heterocycles. The van der Waals surface area contributed by atoms with Gasteiger partial charge in [0.15, 0.2) is 5.65 Å². The third-order valence-electron chi connectivity index (χ3n) is 11.0. The number of aromatic nitrogens is 5. The van der Waals surface area contributed by atoms with Crippen molar-refractivity contribution in [3.63, 3.8) is 0 Å². The van der Waals surface area contributed by atoms with Crippen LogP contribution in [-0.4, -0.2) is 60.8 Å². The molecule has 1 aromatic carbocycles. The fraction of sp³-hybridized carbons (Fsp3) is 0.529. The van der Waals surface area contributed by atoms with Crippen LogP contribution in [0.4, 0.5) is 5.95 Å². The average Bonchev–Trinajstić information content (AvgIpc) is 3.40. The summed E-state index contributed by atoms with van der Waals surface area (Å²) in [6, 6.07) is 10.2. The number of para-hydroxylation sites is 1. The highest BCUT2D eigenvalue weighted by Gasteiger charge is 2.47. The van der Waals surface area contributed by atoms with E-state index < -0.39 is 0 Å². The topological polar surface area (TPSA) is 94.1 Å². The van der Waals surface area contributed by atoms with Gasteiger partial charge in [-0.1, -0.05) is 31.4 Å². The number of aromatic amines is 1. The Kier molecular flexibility index (Phi) is 6.43. The van der Waals surface area contributed by atoms with Crippen LogP contribution >= 0.6 is 0 Å². The first-order valence-electron chi connectivity index (χ1n) is 16.1. The molecule has 218 valence electrons. The number of phenolic OH excluding ortho intramolecular Hbond substituents is 1. The van der Waals surface area contributed by atoms with Crippen LogP contribution in [0, 0.1) is 5.41 Å². The van der Waals surface area contributed by atoms with Gasteiger partial charge in [-0.3, -0.25) is 0 Å². The number of piperidine rings is 1. The molecular formula is C34H41N7O. The summed E-state index contributed by atoms with van der Waals surface area (Å²) >= 11 is 0. The Labute approximate surface area is 247 Å². The predicted molar refractivity (Wildman–Crippen MR) is 165 cm³/mol. The number of phenols is 1. The van der Waals surface area contributed by atoms with Crippen LogP contribution in [0.3, 0.4) is 0 Å². The van der Waals surface area contributed by atoms with Crippen LogP contribution in [0.1, 0.15) is 93.5 Å². The Morgan fingerprint density at radius 3 is 2.48 bits per heavy atom. The number of fused-ring (bicyclic) bond motifs is 3. The number of likely N-dealkylation sites (tertiary alicyclic amines) is 1. The zero-order chi connectivity index (χ0) is 28.3. The van der Waals surface area contributed by atoms with E-state index in [9.17, 15) is 5.11 Å². The maximum Gasteiger partial charge on any atom is 0.225 e. The highest BCUT2D eigenvalue weighted by atomic mass is 16.3. The van der Waals surface area contributed by atoms with Crippen LogP contribution in [0.2, 0.25) is 0 Å². The molecule has 1 spiro atoms. The zero-order valence-corrected chi connectivity index (χ0v) is 24.6. The molecule has 0 amide bonds. The van der Waals surface area contributed by atoms with Crippen LogP contribution in [0.15, 0.2) is 42.7 Å². The molecule has 0 bridgehead atoms. The number of nitrogens with one attached hydrogen (secondary N) is 1. The molecule has 8 heteroatoms. The predicted octanol–water partition coefficient (Wildman–Crippen LogP) is 6.54. The monoisotopic (exact) mass is 563 g/mol. The molecule has 1 saturated heterocycles. The van der Waals surface area contributed by atoms with Crippen LogP contribution in [0.25, 0.3) is 22.3 Å². The number of H-pyrrole nitrogens is 1. The molecule has 8 rings (SSSR count). The molecule has 4 aromatic rings. The van der Waals surface area contributed by atoms with Crippen molar-refractivity contribution in [2.45, 2.75) is 89.1 Å². The Hall–Kier alpha value is -3.52. The van der Waals surface area contributed by atoms with Gasteiger partial charge in [-0.25, -0.2) is 9.97 Å². The Morgan fingerprint density at radius 1 is 0.952 bits per heavy atom. The normalized spacial score (nSPS) is 23.3. The molecule has 42 heavy (non-hydrogen) atoms. The Morgan fingerprint density at radius 2 is 1.71 bits per heavy atom. The quantitative estimate of drug-likeness (QED) is 0.291. The second-order valence-corrected chi connectivity index (χ2v) is 13.4. The van der Waals surface area contributed by atoms with Gasteiger partial charge in [0, 0.05) is 53.6 Å². The fourth-order valence-corrected chi connectivity index (χ4v) is 8.61. The minimum absolute atomic E-state index is 0.0907. The first-order chi connectivity index (χ1) is 20.6. The van der Waals surface area contributed by atoms with Gasteiger partial charge in [-0.05, 0) is 93.6 Å². The van der Waals surface area contributed by atoms with Crippen molar-refractivity contribution in [2.75, 3.05) is 24.5 Å². The van der Waals surface area contributed by atoms with Gasteiger partial charge in [-0.15, -0.1) is 10.2 Å². The van der Waals surface area contributed by atoms with Gasteiger partial charge >= 0.3 is 0 Å². The van der Waals surface area contributed by atoms with E-state index in [-0.39, 0.29) is 11.8 Å². The number of aromatic hydroxyl groups is 1. The molecule has 8 nitrogen and oxygen atoms in total. The van der Waals surface area contributed by atoms with Gasteiger partial charge in [0.05, 0.1) is 11.7 Å². The van der Waals surface area contributed by atoms with Gasteiger partial charge in [0.1, 0.15) is 5.75 Å². The average molecular weight is 564 g/mol. The van der Waals surface area contributed by atoms with Crippen molar-refractivity contribution in [3.8, 4) is 17.0 Å². The van der Waals surface area contributed by atoms with Crippen molar-refractivity contribution in [2.24, 2.45) is 5.41 Å². The highest BCUT2D eigenvalue weighted by molar-refractivity contribution is 5.86. The summed E-state index contributed by atoms with van der Waals surface area (Å²) in [6.45, 7) is 5.49. The van der Waals surface area contributed by atoms with Gasteiger partial charge in [0.2, 0.25) is 5.95 Å². The number of hydrogen-bond acceptors (Lipinski definition) is 7. The molecule has 5 heterocycles. The number of rotatable bonds is 4. The van der Waals surface area contributed by atoms with Gasteiger partial charge < -0.3 is 19.9 Å². The van der Waals surface area contributed by atoms with E-state index in [0.717, 1.165) is 36.0 Å². The Balaban J connectivity index is 0.952. The smallest absolute Gasteiger partial charge is 0.225 e. The lowest BCUT2D eigenvalue weighted by atomic mass is 9.58. The SMILES string of the molecule is C[C@@H]1c2c([nH]c3nnc(-c4ccccc4O)cc23)CCN1c1ncc(C2CCN(C3CC4(CCCCC4)C3)CC2)cn1. The summed E-state index contributed by atoms with van der Waals surface area (Å²) in [5.41, 5.74) is 6.55. The summed E-state index contributed by atoms with van der Waals surface area (Å²) in [5.74, 6) is 1.56. The summed E-state index contributed by atoms with van der Waals surface area (Å²) in [5, 5.41) is 20.3. The van der Waals surface area contributed by atoms with Crippen molar-refractivity contribution in [1.82, 2.24) is 30.0 Å². The minimum atomic E-state index is 0.0907. The number of benzene rings is 1. The van der Waals surface area contributed by atoms with Crippen molar-refractivity contribution >= 4 is 17.0 Å². The first-order valence-corrected chi connectivity index (χ1v) is 16.1. The number of nitrogens with zero attached hydrogens (tertiary/aromatic N) is 6. The second-order valence-electron chi connectivity index (χ2n) is 13.4. The van der Waals surface area contributed by atoms with Crippen LogP contribution in [-0.2, 0) is 6.42 Å². The van der Waals surface area contributed by atoms with Crippen LogP contribution < -0.4 is 4.90 Å². The van der Waals surface area contributed by atoms with E-state index in [2.05, 4.69) is 44.3 Å². The van der Waals surface area contributed by atoms with Crippen molar-refractivity contribution < 1.29 is 5.11 Å². The molecular weight excluding hydrogens is 522 g/mol. The minimum Gasteiger partial charge on any atom is -0.507 e. The highest BCUT2D eigenvalue weighted by Crippen LogP contribution is 2.53. The number of anilines is 1. The number of hydrogen-bond donors (Lipinski definition) is 2. The van der Waals surface area contributed by atoms with Gasteiger partial charge in [-0.2, -0.15) is 0 Å². The van der Waals surface area contributed by atoms with Crippen LogP contribution in [0.5, 0.6) is 5.75 Å². The van der Waals surface area contributed by atoms with Crippen molar-refractivity contribution in [3.05, 3.63) is 59.5 Å². The lowest BCUT2D eigenvalue weighted by molar-refractivity contribution is -0.0335. The zero-order valence-electron chi connectivity index (χ0n) is 24.6. The molecule has 0 unspecified atom stereocenters. The Bertz CT molecular complexity index is 1580. The lowest BCUT2D eigenvalue weighted by Gasteiger charge is -2.55. The molecule has 1 atom stereocenters. The van der Waals surface area contributed by atoms with E-state index >= 15 is 0 Å². The van der Waals surface area contributed by atoms with E-state index in [1.807, 2.05) is 24.3 Å². The van der Waals surface area contributed by atoms with Gasteiger partial charge in [0.25, 0.3) is 0 Å². The third kappa shape index (κ3) is 4.46. The first kappa shape index (κ1) is 26.1. The standard InChI is InChI=1S/C34H41N7O/c1-22-31-27-17-29(26-7-3-4-8-30(26)42)38-39-32(27)37-28(31)11-16-41(22)33-35-20-24(21-36-33)23-9-14-40(15-10-23)25-18-34(19-25)12-5-2-6-13-34/h3-4,7-8,17,20-23,25,42H,2,5-6,9-16,18-19H2,1H3,(H,37,39)/t22-/m1/s1. The lowest BCUT2D eigenvalue weighted by Crippen LogP contribution is -2.53. The van der Waals surface area contributed by atoms with Crippen molar-refractivity contribution in [1.29, 1.82) is 0 Å². The molecule has 3 aromatic heterocycles. The fourth-order valence-electron chi connectivity index (χ4n) is 8.61. The molecule has 2 aliphatic carbocycles.